The second-order valence-electron chi connectivity index (χ2n) is 7.09. The summed E-state index contributed by atoms with van der Waals surface area (Å²) in [5.41, 5.74) is 1.53. The summed E-state index contributed by atoms with van der Waals surface area (Å²) in [6.07, 6.45) is 1.93. The van der Waals surface area contributed by atoms with Gasteiger partial charge in [0, 0.05) is 57.7 Å². The average Bonchev–Trinajstić information content (AvgIpc) is 3.08. The van der Waals surface area contributed by atoms with E-state index in [-0.39, 0.29) is 30.1 Å². The number of benzene rings is 1. The van der Waals surface area contributed by atoms with Crippen LogP contribution in [-0.4, -0.2) is 65.2 Å². The molecule has 7 heteroatoms. The molecule has 0 N–H and O–H groups in total. The minimum atomic E-state index is -0.347. The van der Waals surface area contributed by atoms with E-state index in [9.17, 15) is 14.4 Å². The Hall–Kier alpha value is -2.96. The first-order valence-corrected chi connectivity index (χ1v) is 9.23. The zero-order valence-electron chi connectivity index (χ0n) is 15.3. The smallest absolute Gasteiger partial charge is 0.228 e. The third-order valence-electron chi connectivity index (χ3n) is 5.41. The number of amides is 3. The molecule has 140 valence electrons. The molecule has 0 radical (unpaired) electrons. The molecule has 4 rings (SSSR count). The first-order valence-electron chi connectivity index (χ1n) is 9.23. The van der Waals surface area contributed by atoms with Crippen LogP contribution in [-0.2, 0) is 14.4 Å². The average molecular weight is 366 g/mol. The van der Waals surface area contributed by atoms with Gasteiger partial charge >= 0.3 is 0 Å². The molecule has 2 saturated heterocycles. The van der Waals surface area contributed by atoms with E-state index in [0.717, 1.165) is 16.6 Å². The van der Waals surface area contributed by atoms with Gasteiger partial charge in [-0.3, -0.25) is 19.4 Å². The van der Waals surface area contributed by atoms with Crippen molar-refractivity contribution < 1.29 is 14.4 Å². The number of nitrogens with zero attached hydrogens (tertiary/aromatic N) is 4. The molecule has 1 unspecified atom stereocenters. The maximum atomic E-state index is 12.9. The van der Waals surface area contributed by atoms with Gasteiger partial charge in [-0.25, -0.2) is 0 Å². The molecule has 0 bridgehead atoms. The maximum Gasteiger partial charge on any atom is 0.228 e. The SMILES string of the molecule is CC(=O)N1CCN(C(=O)C2CC(=O)N(c3cccc4cccnc34)C2)CC1. The van der Waals surface area contributed by atoms with Crippen molar-refractivity contribution in [2.24, 2.45) is 5.92 Å². The highest BCUT2D eigenvalue weighted by Crippen LogP contribution is 2.31. The molecule has 7 nitrogen and oxygen atoms in total. The van der Waals surface area contributed by atoms with Crippen LogP contribution in [0.5, 0.6) is 0 Å². The van der Waals surface area contributed by atoms with Gasteiger partial charge in [0.1, 0.15) is 0 Å². The van der Waals surface area contributed by atoms with Crippen molar-refractivity contribution in [1.29, 1.82) is 0 Å². The van der Waals surface area contributed by atoms with Crippen LogP contribution in [0.3, 0.4) is 0 Å². The Morgan fingerprint density at radius 2 is 1.74 bits per heavy atom. The largest absolute Gasteiger partial charge is 0.339 e. The lowest BCUT2D eigenvalue weighted by Gasteiger charge is -2.35. The van der Waals surface area contributed by atoms with Gasteiger partial charge in [-0.2, -0.15) is 0 Å². The van der Waals surface area contributed by atoms with Crippen molar-refractivity contribution in [2.45, 2.75) is 13.3 Å². The number of pyridine rings is 1. The second-order valence-corrected chi connectivity index (χ2v) is 7.09. The van der Waals surface area contributed by atoms with Gasteiger partial charge in [0.2, 0.25) is 17.7 Å². The fraction of sp³-hybridized carbons (Fsp3) is 0.400. The van der Waals surface area contributed by atoms with E-state index in [1.54, 1.807) is 27.8 Å². The van der Waals surface area contributed by atoms with E-state index in [1.165, 1.54) is 0 Å². The summed E-state index contributed by atoms with van der Waals surface area (Å²) in [6.45, 7) is 4.08. The third-order valence-corrected chi connectivity index (χ3v) is 5.41. The predicted octanol–water partition coefficient (Wildman–Crippen LogP) is 1.28. The van der Waals surface area contributed by atoms with Crippen LogP contribution in [0.15, 0.2) is 36.5 Å². The van der Waals surface area contributed by atoms with E-state index in [4.69, 9.17) is 0 Å². The fourth-order valence-electron chi connectivity index (χ4n) is 3.91. The highest BCUT2D eigenvalue weighted by molar-refractivity contribution is 6.05. The molecular formula is C20H22N4O3. The van der Waals surface area contributed by atoms with Crippen LogP contribution in [0.4, 0.5) is 5.69 Å². The van der Waals surface area contributed by atoms with E-state index in [0.29, 0.717) is 32.7 Å². The highest BCUT2D eigenvalue weighted by Gasteiger charge is 2.38. The van der Waals surface area contributed by atoms with Gasteiger partial charge < -0.3 is 14.7 Å². The molecule has 2 fully saturated rings. The molecular weight excluding hydrogens is 344 g/mol. The van der Waals surface area contributed by atoms with Crippen molar-refractivity contribution in [2.75, 3.05) is 37.6 Å². The molecule has 1 aromatic carbocycles. The summed E-state index contributed by atoms with van der Waals surface area (Å²) in [6, 6.07) is 9.58. The lowest BCUT2D eigenvalue weighted by atomic mass is 10.1. The number of fused-ring (bicyclic) bond motifs is 1. The lowest BCUT2D eigenvalue weighted by Crippen LogP contribution is -2.51. The number of carbonyl (C=O) groups excluding carboxylic acids is 3. The van der Waals surface area contributed by atoms with Crippen LogP contribution in [0.1, 0.15) is 13.3 Å². The van der Waals surface area contributed by atoms with Crippen molar-refractivity contribution >= 4 is 34.3 Å². The number of carbonyl (C=O) groups is 3. The molecule has 3 amide bonds. The summed E-state index contributed by atoms with van der Waals surface area (Å²) in [4.78, 5) is 46.6. The minimum Gasteiger partial charge on any atom is -0.339 e. The van der Waals surface area contributed by atoms with Crippen LogP contribution in [0.2, 0.25) is 0 Å². The maximum absolute atomic E-state index is 12.9. The molecule has 3 heterocycles. The molecule has 0 saturated carbocycles. The number of rotatable bonds is 2. The zero-order chi connectivity index (χ0) is 19.0. The van der Waals surface area contributed by atoms with Crippen LogP contribution in [0, 0.1) is 5.92 Å². The predicted molar refractivity (Wildman–Crippen MR) is 101 cm³/mol. The highest BCUT2D eigenvalue weighted by atomic mass is 16.2. The number of piperazine rings is 1. The molecule has 27 heavy (non-hydrogen) atoms. The molecule has 2 aromatic rings. The summed E-state index contributed by atoms with van der Waals surface area (Å²) in [5.74, 6) is -0.357. The van der Waals surface area contributed by atoms with Gasteiger partial charge in [-0.05, 0) is 12.1 Å². The van der Waals surface area contributed by atoms with Crippen LogP contribution < -0.4 is 4.90 Å². The van der Waals surface area contributed by atoms with Crippen molar-refractivity contribution in [3.8, 4) is 0 Å². The van der Waals surface area contributed by atoms with Crippen molar-refractivity contribution in [3.05, 3.63) is 36.5 Å². The molecule has 1 atom stereocenters. The van der Waals surface area contributed by atoms with Gasteiger partial charge in [-0.1, -0.05) is 18.2 Å². The fourth-order valence-corrected chi connectivity index (χ4v) is 3.91. The van der Waals surface area contributed by atoms with Crippen molar-refractivity contribution in [1.82, 2.24) is 14.8 Å². The first-order chi connectivity index (χ1) is 13.0. The third kappa shape index (κ3) is 3.25. The van der Waals surface area contributed by atoms with Gasteiger partial charge in [-0.15, -0.1) is 0 Å². The van der Waals surface area contributed by atoms with E-state index in [1.807, 2.05) is 30.3 Å². The topological polar surface area (TPSA) is 73.8 Å². The van der Waals surface area contributed by atoms with Gasteiger partial charge in [0.15, 0.2) is 0 Å². The summed E-state index contributed by atoms with van der Waals surface area (Å²) >= 11 is 0. The molecule has 0 aliphatic carbocycles. The molecule has 2 aliphatic rings. The summed E-state index contributed by atoms with van der Waals surface area (Å²) in [7, 11) is 0. The first kappa shape index (κ1) is 17.5. The number of anilines is 1. The number of aromatic nitrogens is 1. The van der Waals surface area contributed by atoms with E-state index >= 15 is 0 Å². The second kappa shape index (κ2) is 6.98. The van der Waals surface area contributed by atoms with Gasteiger partial charge in [0.05, 0.1) is 17.1 Å². The summed E-state index contributed by atoms with van der Waals surface area (Å²) in [5, 5.41) is 0.970. The van der Waals surface area contributed by atoms with E-state index in [2.05, 4.69) is 4.98 Å². The van der Waals surface area contributed by atoms with E-state index < -0.39 is 0 Å². The number of hydrogen-bond acceptors (Lipinski definition) is 4. The lowest BCUT2D eigenvalue weighted by molar-refractivity contribution is -0.141. The quantitative estimate of drug-likeness (QED) is 0.803. The minimum absolute atomic E-state index is 0.00208. The molecule has 0 spiro atoms. The Kier molecular flexibility index (Phi) is 4.51. The Morgan fingerprint density at radius 1 is 1.04 bits per heavy atom. The normalized spacial score (nSPS) is 20.4. The number of para-hydroxylation sites is 1. The Labute approximate surface area is 157 Å². The summed E-state index contributed by atoms with van der Waals surface area (Å²) < 4.78 is 0. The Morgan fingerprint density at radius 3 is 2.48 bits per heavy atom. The number of hydrogen-bond donors (Lipinski definition) is 0. The van der Waals surface area contributed by atoms with Crippen LogP contribution >= 0.6 is 0 Å². The Bertz CT molecular complexity index is 900. The Balaban J connectivity index is 1.49. The zero-order valence-corrected chi connectivity index (χ0v) is 15.3. The van der Waals surface area contributed by atoms with Gasteiger partial charge in [0.25, 0.3) is 0 Å². The van der Waals surface area contributed by atoms with Crippen molar-refractivity contribution in [3.63, 3.8) is 0 Å². The molecule has 1 aromatic heterocycles. The monoisotopic (exact) mass is 366 g/mol. The molecule has 2 aliphatic heterocycles. The van der Waals surface area contributed by atoms with Crippen LogP contribution in [0.25, 0.3) is 10.9 Å². The standard InChI is InChI=1S/C20H22N4O3/c1-14(25)22-8-10-23(11-9-22)20(27)16-12-18(26)24(13-16)17-6-2-4-15-5-3-7-21-19(15)17/h2-7,16H,8-13H2,1H3.